The van der Waals surface area contributed by atoms with Crippen molar-refractivity contribution in [3.8, 4) is 17.0 Å². The van der Waals surface area contributed by atoms with E-state index < -0.39 is 11.9 Å². The van der Waals surface area contributed by atoms with E-state index in [1.807, 2.05) is 35.7 Å². The molecular formula is C19H15IN2O4S. The van der Waals surface area contributed by atoms with Gasteiger partial charge in [-0.05, 0) is 65.1 Å². The third kappa shape index (κ3) is 5.27. The zero-order valence-corrected chi connectivity index (χ0v) is 17.2. The largest absolute Gasteiger partial charge is 0.497 e. The number of ether oxygens (including phenoxy) is 2. The average molecular weight is 494 g/mol. The molecule has 0 aliphatic heterocycles. The highest BCUT2D eigenvalue weighted by atomic mass is 127. The Kier molecular flexibility index (Phi) is 6.40. The predicted octanol–water partition coefficient (Wildman–Crippen LogP) is 4.22. The lowest BCUT2D eigenvalue weighted by atomic mass is 10.2. The molecule has 0 aliphatic carbocycles. The second-order valence-electron chi connectivity index (χ2n) is 5.40. The Hall–Kier alpha value is -2.46. The summed E-state index contributed by atoms with van der Waals surface area (Å²) >= 11 is 3.41. The van der Waals surface area contributed by atoms with Crippen LogP contribution in [0.25, 0.3) is 11.3 Å². The van der Waals surface area contributed by atoms with Gasteiger partial charge in [-0.2, -0.15) is 0 Å². The van der Waals surface area contributed by atoms with Crippen molar-refractivity contribution in [3.05, 3.63) is 63.0 Å². The molecule has 0 aliphatic rings. The van der Waals surface area contributed by atoms with Crippen LogP contribution in [0.1, 0.15) is 10.4 Å². The summed E-state index contributed by atoms with van der Waals surface area (Å²) in [4.78, 5) is 28.3. The Morgan fingerprint density at radius 1 is 1.19 bits per heavy atom. The first-order valence-electron chi connectivity index (χ1n) is 7.87. The number of thiazole rings is 1. The van der Waals surface area contributed by atoms with E-state index in [0.29, 0.717) is 10.7 Å². The molecule has 1 N–H and O–H groups in total. The predicted molar refractivity (Wildman–Crippen MR) is 112 cm³/mol. The summed E-state index contributed by atoms with van der Waals surface area (Å²) < 4.78 is 11.1. The molecule has 0 spiro atoms. The summed E-state index contributed by atoms with van der Waals surface area (Å²) in [6.45, 7) is -0.373. The maximum absolute atomic E-state index is 12.0. The summed E-state index contributed by atoms with van der Waals surface area (Å²) in [6.07, 6.45) is 0. The van der Waals surface area contributed by atoms with Crippen LogP contribution in [0.15, 0.2) is 53.9 Å². The first-order chi connectivity index (χ1) is 13.0. The van der Waals surface area contributed by atoms with Crippen LogP contribution in [0.2, 0.25) is 0 Å². The van der Waals surface area contributed by atoms with Crippen LogP contribution < -0.4 is 10.1 Å². The number of aromatic nitrogens is 1. The Labute approximate surface area is 173 Å². The minimum absolute atomic E-state index is 0.373. The summed E-state index contributed by atoms with van der Waals surface area (Å²) in [7, 11) is 1.61. The number of halogens is 1. The van der Waals surface area contributed by atoms with E-state index in [0.717, 1.165) is 20.6 Å². The number of benzene rings is 2. The second-order valence-corrected chi connectivity index (χ2v) is 7.50. The number of anilines is 1. The fraction of sp³-hybridized carbons (Fsp3) is 0.105. The van der Waals surface area contributed by atoms with E-state index in [1.165, 1.54) is 11.3 Å². The number of amides is 1. The van der Waals surface area contributed by atoms with Crippen LogP contribution in [-0.2, 0) is 9.53 Å². The van der Waals surface area contributed by atoms with Gasteiger partial charge in [-0.1, -0.05) is 6.07 Å². The Morgan fingerprint density at radius 3 is 2.67 bits per heavy atom. The van der Waals surface area contributed by atoms with Crippen LogP contribution in [0.3, 0.4) is 0 Å². The monoisotopic (exact) mass is 494 g/mol. The minimum atomic E-state index is -0.540. The Balaban J connectivity index is 1.55. The number of carbonyl (C=O) groups is 2. The molecule has 3 rings (SSSR count). The molecule has 0 saturated heterocycles. The molecule has 0 bridgehead atoms. The Morgan fingerprint density at radius 2 is 1.96 bits per heavy atom. The summed E-state index contributed by atoms with van der Waals surface area (Å²) in [5.74, 6) is -0.219. The number of nitrogens with one attached hydrogen (secondary N) is 1. The van der Waals surface area contributed by atoms with Gasteiger partial charge in [0.05, 0.1) is 18.4 Å². The number of hydrogen-bond acceptors (Lipinski definition) is 6. The molecule has 0 fully saturated rings. The minimum Gasteiger partial charge on any atom is -0.497 e. The van der Waals surface area contributed by atoms with Crippen molar-refractivity contribution in [2.24, 2.45) is 0 Å². The third-order valence-corrected chi connectivity index (χ3v) is 4.96. The lowest BCUT2D eigenvalue weighted by molar-refractivity contribution is -0.119. The molecule has 1 heterocycles. The zero-order chi connectivity index (χ0) is 19.2. The number of carbonyl (C=O) groups excluding carboxylic acids is 2. The zero-order valence-electron chi connectivity index (χ0n) is 14.3. The van der Waals surface area contributed by atoms with E-state index in [4.69, 9.17) is 9.47 Å². The van der Waals surface area contributed by atoms with Gasteiger partial charge in [0.15, 0.2) is 11.7 Å². The molecule has 0 saturated carbocycles. The van der Waals surface area contributed by atoms with Crippen molar-refractivity contribution in [1.29, 1.82) is 0 Å². The van der Waals surface area contributed by atoms with Gasteiger partial charge in [-0.3, -0.25) is 10.1 Å². The maximum atomic E-state index is 12.0. The molecule has 1 aromatic heterocycles. The van der Waals surface area contributed by atoms with E-state index in [2.05, 4.69) is 32.9 Å². The molecule has 27 heavy (non-hydrogen) atoms. The first-order valence-corrected chi connectivity index (χ1v) is 9.83. The number of esters is 1. The van der Waals surface area contributed by atoms with Crippen LogP contribution >= 0.6 is 33.9 Å². The second kappa shape index (κ2) is 8.96. The summed E-state index contributed by atoms with van der Waals surface area (Å²) in [5, 5.41) is 4.92. The summed E-state index contributed by atoms with van der Waals surface area (Å²) in [6, 6.07) is 14.4. The molecule has 0 unspecified atom stereocenters. The van der Waals surface area contributed by atoms with E-state index in [9.17, 15) is 9.59 Å². The molecule has 8 heteroatoms. The lowest BCUT2D eigenvalue weighted by Gasteiger charge is -2.05. The molecule has 0 atom stereocenters. The molecule has 138 valence electrons. The van der Waals surface area contributed by atoms with Crippen molar-refractivity contribution >= 4 is 50.9 Å². The first kappa shape index (κ1) is 19.3. The van der Waals surface area contributed by atoms with E-state index in [1.54, 1.807) is 25.3 Å². The molecule has 2 aromatic carbocycles. The van der Waals surface area contributed by atoms with Gasteiger partial charge in [0, 0.05) is 14.5 Å². The fourth-order valence-electron chi connectivity index (χ4n) is 2.21. The highest BCUT2D eigenvalue weighted by Gasteiger charge is 2.12. The van der Waals surface area contributed by atoms with Crippen LogP contribution in [0, 0.1) is 3.57 Å². The highest BCUT2D eigenvalue weighted by molar-refractivity contribution is 14.1. The van der Waals surface area contributed by atoms with Crippen molar-refractivity contribution in [2.45, 2.75) is 0 Å². The van der Waals surface area contributed by atoms with Crippen molar-refractivity contribution in [2.75, 3.05) is 19.0 Å². The van der Waals surface area contributed by atoms with Crippen LogP contribution in [0.5, 0.6) is 5.75 Å². The van der Waals surface area contributed by atoms with E-state index >= 15 is 0 Å². The van der Waals surface area contributed by atoms with Crippen LogP contribution in [-0.4, -0.2) is 30.6 Å². The topological polar surface area (TPSA) is 77.5 Å². The summed E-state index contributed by atoms with van der Waals surface area (Å²) in [5.41, 5.74) is 2.07. The lowest BCUT2D eigenvalue weighted by Crippen LogP contribution is -2.20. The number of nitrogens with zero attached hydrogens (tertiary/aromatic N) is 1. The quantitative estimate of drug-likeness (QED) is 0.410. The fourth-order valence-corrected chi connectivity index (χ4v) is 3.49. The normalized spacial score (nSPS) is 10.3. The molecule has 6 nitrogen and oxygen atoms in total. The molecule has 0 radical (unpaired) electrons. The van der Waals surface area contributed by atoms with Gasteiger partial charge < -0.3 is 9.47 Å². The molecule has 1 amide bonds. The smallest absolute Gasteiger partial charge is 0.338 e. The Bertz CT molecular complexity index is 956. The average Bonchev–Trinajstić information content (AvgIpc) is 3.14. The van der Waals surface area contributed by atoms with Gasteiger partial charge in [-0.25, -0.2) is 9.78 Å². The standard InChI is InChI=1S/C19H15IN2O4S/c1-25-15-7-5-12(6-8-15)16-11-27-19(21-16)22-17(23)10-26-18(24)13-3-2-4-14(20)9-13/h2-9,11H,10H2,1H3,(H,21,22,23). The van der Waals surface area contributed by atoms with Gasteiger partial charge in [-0.15, -0.1) is 11.3 Å². The van der Waals surface area contributed by atoms with Gasteiger partial charge >= 0.3 is 5.97 Å². The van der Waals surface area contributed by atoms with Crippen LogP contribution in [0.4, 0.5) is 5.13 Å². The van der Waals surface area contributed by atoms with Gasteiger partial charge in [0.1, 0.15) is 5.75 Å². The van der Waals surface area contributed by atoms with Gasteiger partial charge in [0.2, 0.25) is 0 Å². The number of rotatable bonds is 6. The number of hydrogen-bond donors (Lipinski definition) is 1. The molecule has 3 aromatic rings. The number of methoxy groups -OCH3 is 1. The third-order valence-electron chi connectivity index (χ3n) is 3.53. The van der Waals surface area contributed by atoms with Crippen molar-refractivity contribution < 1.29 is 19.1 Å². The van der Waals surface area contributed by atoms with Crippen molar-refractivity contribution in [3.63, 3.8) is 0 Å². The SMILES string of the molecule is COc1ccc(-c2csc(NC(=O)COC(=O)c3cccc(I)c3)n2)cc1. The van der Waals surface area contributed by atoms with E-state index in [-0.39, 0.29) is 6.61 Å². The van der Waals surface area contributed by atoms with Gasteiger partial charge in [0.25, 0.3) is 5.91 Å². The molecular weight excluding hydrogens is 479 g/mol. The maximum Gasteiger partial charge on any atom is 0.338 e. The van der Waals surface area contributed by atoms with Crippen molar-refractivity contribution in [1.82, 2.24) is 4.98 Å². The highest BCUT2D eigenvalue weighted by Crippen LogP contribution is 2.26.